The molecule has 1 fully saturated rings. The number of halogens is 1. The predicted molar refractivity (Wildman–Crippen MR) is 85.0 cm³/mol. The van der Waals surface area contributed by atoms with Gasteiger partial charge in [0.2, 0.25) is 5.91 Å². The van der Waals surface area contributed by atoms with Crippen LogP contribution in [0.4, 0.5) is 5.69 Å². The topological polar surface area (TPSA) is 65.5 Å². The maximum atomic E-state index is 11.9. The Morgan fingerprint density at radius 3 is 2.85 bits per heavy atom. The van der Waals surface area contributed by atoms with Gasteiger partial charge in [0.1, 0.15) is 0 Å². The predicted octanol–water partition coefficient (Wildman–Crippen LogP) is 2.02. The fourth-order valence-corrected chi connectivity index (χ4v) is 2.06. The Balaban J connectivity index is 1.83. The van der Waals surface area contributed by atoms with Gasteiger partial charge in [-0.25, -0.2) is 0 Å². The molecule has 0 atom stereocenters. The molecule has 6 heteroatoms. The van der Waals surface area contributed by atoms with E-state index in [0.717, 1.165) is 15.7 Å². The molecule has 20 heavy (non-hydrogen) atoms. The van der Waals surface area contributed by atoms with Crippen LogP contribution in [0.15, 0.2) is 27.7 Å². The Hall–Kier alpha value is -1.56. The van der Waals surface area contributed by atoms with Gasteiger partial charge in [-0.3, -0.25) is 9.79 Å². The Bertz CT molecular complexity index is 526. The summed E-state index contributed by atoms with van der Waals surface area (Å²) in [5, 5.41) is 9.13. The summed E-state index contributed by atoms with van der Waals surface area (Å²) in [5.41, 5.74) is 1.85. The summed E-state index contributed by atoms with van der Waals surface area (Å²) in [5.74, 6) is 0.582. The third-order valence-electron chi connectivity index (χ3n) is 3.03. The average molecular weight is 339 g/mol. The van der Waals surface area contributed by atoms with Crippen molar-refractivity contribution in [1.82, 2.24) is 10.6 Å². The highest BCUT2D eigenvalue weighted by Crippen LogP contribution is 2.20. The fraction of sp³-hybridized carbons (Fsp3) is 0.429. The first-order valence-corrected chi connectivity index (χ1v) is 7.41. The molecule has 2 rings (SSSR count). The van der Waals surface area contributed by atoms with Crippen LogP contribution in [0.2, 0.25) is 0 Å². The summed E-state index contributed by atoms with van der Waals surface area (Å²) in [6.07, 6.45) is 2.34. The van der Waals surface area contributed by atoms with Gasteiger partial charge in [-0.15, -0.1) is 0 Å². The minimum absolute atomic E-state index is 0.0926. The van der Waals surface area contributed by atoms with Gasteiger partial charge in [0.15, 0.2) is 5.96 Å². The number of rotatable bonds is 4. The van der Waals surface area contributed by atoms with Crippen LogP contribution in [-0.2, 0) is 4.79 Å². The van der Waals surface area contributed by atoms with Gasteiger partial charge in [0.05, 0.1) is 6.54 Å². The summed E-state index contributed by atoms with van der Waals surface area (Å²) in [4.78, 5) is 16.0. The summed E-state index contributed by atoms with van der Waals surface area (Å²) in [6.45, 7) is 2.15. The summed E-state index contributed by atoms with van der Waals surface area (Å²) < 4.78 is 0.942. The number of amides is 1. The Morgan fingerprint density at radius 1 is 1.45 bits per heavy atom. The molecule has 0 unspecified atom stereocenters. The number of aliphatic imine (C=N–C) groups is 1. The molecule has 1 aromatic rings. The van der Waals surface area contributed by atoms with Crippen LogP contribution < -0.4 is 16.0 Å². The third kappa shape index (κ3) is 4.52. The van der Waals surface area contributed by atoms with Crippen LogP contribution in [0, 0.1) is 6.92 Å². The molecule has 0 heterocycles. The molecular formula is C14H19BrN4O. The molecule has 0 aliphatic heterocycles. The van der Waals surface area contributed by atoms with E-state index in [1.54, 1.807) is 7.05 Å². The summed E-state index contributed by atoms with van der Waals surface area (Å²) in [7, 11) is 1.70. The number of carbonyl (C=O) groups is 1. The van der Waals surface area contributed by atoms with Crippen molar-refractivity contribution in [3.63, 3.8) is 0 Å². The second kappa shape index (κ2) is 6.74. The quantitative estimate of drug-likeness (QED) is 0.581. The maximum Gasteiger partial charge on any atom is 0.243 e. The van der Waals surface area contributed by atoms with Crippen molar-refractivity contribution in [2.24, 2.45) is 4.99 Å². The minimum Gasteiger partial charge on any atom is -0.354 e. The normalized spacial score (nSPS) is 14.8. The molecule has 0 radical (unpaired) electrons. The number of nitrogens with zero attached hydrogens (tertiary/aromatic N) is 1. The monoisotopic (exact) mass is 338 g/mol. The molecule has 108 valence electrons. The molecule has 1 amide bonds. The number of carbonyl (C=O) groups excluding carboxylic acids is 1. The van der Waals surface area contributed by atoms with E-state index in [4.69, 9.17) is 0 Å². The van der Waals surface area contributed by atoms with Gasteiger partial charge in [-0.05, 0) is 37.5 Å². The van der Waals surface area contributed by atoms with Crippen LogP contribution in [-0.4, -0.2) is 31.5 Å². The molecule has 0 aromatic heterocycles. The lowest BCUT2D eigenvalue weighted by Crippen LogP contribution is -2.42. The van der Waals surface area contributed by atoms with Crippen LogP contribution in [0.1, 0.15) is 18.4 Å². The van der Waals surface area contributed by atoms with E-state index in [0.29, 0.717) is 12.0 Å². The highest BCUT2D eigenvalue weighted by molar-refractivity contribution is 9.10. The van der Waals surface area contributed by atoms with Gasteiger partial charge < -0.3 is 16.0 Å². The average Bonchev–Trinajstić information content (AvgIpc) is 3.22. The van der Waals surface area contributed by atoms with E-state index in [1.165, 1.54) is 12.8 Å². The highest BCUT2D eigenvalue weighted by Gasteiger charge is 2.22. The van der Waals surface area contributed by atoms with Crippen molar-refractivity contribution >= 4 is 33.5 Å². The van der Waals surface area contributed by atoms with Crippen LogP contribution in [0.3, 0.4) is 0 Å². The lowest BCUT2D eigenvalue weighted by atomic mass is 10.2. The first-order valence-electron chi connectivity index (χ1n) is 6.61. The Labute approximate surface area is 127 Å². The molecule has 1 aliphatic carbocycles. The smallest absolute Gasteiger partial charge is 0.243 e. The van der Waals surface area contributed by atoms with Crippen molar-refractivity contribution in [2.45, 2.75) is 25.8 Å². The number of hydrogen-bond donors (Lipinski definition) is 3. The molecule has 5 nitrogen and oxygen atoms in total. The number of nitrogens with one attached hydrogen (secondary N) is 3. The lowest BCUT2D eigenvalue weighted by Gasteiger charge is -2.12. The van der Waals surface area contributed by atoms with E-state index in [1.807, 2.05) is 25.1 Å². The standard InChI is InChI=1S/C14H19BrN4O/c1-9-3-4-10(15)7-12(9)19-13(20)8-17-14(16-2)18-11-5-6-11/h3-4,7,11H,5-6,8H2,1-2H3,(H,19,20)(H2,16,17,18). The molecule has 3 N–H and O–H groups in total. The molecule has 0 spiro atoms. The molecular weight excluding hydrogens is 320 g/mol. The summed E-state index contributed by atoms with van der Waals surface area (Å²) >= 11 is 3.40. The first-order chi connectivity index (χ1) is 9.58. The van der Waals surface area contributed by atoms with Crippen LogP contribution in [0.25, 0.3) is 0 Å². The Kier molecular flexibility index (Phi) is 5.00. The van der Waals surface area contributed by atoms with Crippen molar-refractivity contribution in [1.29, 1.82) is 0 Å². The van der Waals surface area contributed by atoms with E-state index in [9.17, 15) is 4.79 Å². The molecule has 0 bridgehead atoms. The van der Waals surface area contributed by atoms with E-state index >= 15 is 0 Å². The summed E-state index contributed by atoms with van der Waals surface area (Å²) in [6, 6.07) is 6.31. The van der Waals surface area contributed by atoms with E-state index in [-0.39, 0.29) is 12.5 Å². The zero-order chi connectivity index (χ0) is 14.5. The molecule has 0 saturated heterocycles. The largest absolute Gasteiger partial charge is 0.354 e. The van der Waals surface area contributed by atoms with Crippen LogP contribution >= 0.6 is 15.9 Å². The number of anilines is 1. The van der Waals surface area contributed by atoms with Gasteiger partial charge in [-0.1, -0.05) is 22.0 Å². The zero-order valence-electron chi connectivity index (χ0n) is 11.7. The van der Waals surface area contributed by atoms with Crippen LogP contribution in [0.5, 0.6) is 0 Å². The van der Waals surface area contributed by atoms with Gasteiger partial charge in [0, 0.05) is 23.2 Å². The first kappa shape index (κ1) is 14.8. The van der Waals surface area contributed by atoms with Gasteiger partial charge >= 0.3 is 0 Å². The number of hydrogen-bond acceptors (Lipinski definition) is 2. The van der Waals surface area contributed by atoms with Gasteiger partial charge in [-0.2, -0.15) is 0 Å². The van der Waals surface area contributed by atoms with E-state index in [2.05, 4.69) is 36.9 Å². The van der Waals surface area contributed by atoms with Gasteiger partial charge in [0.25, 0.3) is 0 Å². The number of aryl methyl sites for hydroxylation is 1. The van der Waals surface area contributed by atoms with Crippen molar-refractivity contribution < 1.29 is 4.79 Å². The second-order valence-electron chi connectivity index (χ2n) is 4.85. The molecule has 1 aromatic carbocycles. The molecule has 1 saturated carbocycles. The second-order valence-corrected chi connectivity index (χ2v) is 5.77. The highest BCUT2D eigenvalue weighted by atomic mass is 79.9. The van der Waals surface area contributed by atoms with Crippen molar-refractivity contribution in [2.75, 3.05) is 18.9 Å². The Morgan fingerprint density at radius 2 is 2.20 bits per heavy atom. The third-order valence-corrected chi connectivity index (χ3v) is 3.53. The molecule has 1 aliphatic rings. The maximum absolute atomic E-state index is 11.9. The minimum atomic E-state index is -0.0926. The van der Waals surface area contributed by atoms with E-state index < -0.39 is 0 Å². The van der Waals surface area contributed by atoms with Crippen molar-refractivity contribution in [3.8, 4) is 0 Å². The fourth-order valence-electron chi connectivity index (χ4n) is 1.70. The van der Waals surface area contributed by atoms with Crippen molar-refractivity contribution in [3.05, 3.63) is 28.2 Å². The SMILES string of the molecule is CN=C(NCC(=O)Nc1cc(Br)ccc1C)NC1CC1. The lowest BCUT2D eigenvalue weighted by molar-refractivity contribution is -0.115. The number of guanidine groups is 1. The number of benzene rings is 1. The zero-order valence-corrected chi connectivity index (χ0v) is 13.3.